The summed E-state index contributed by atoms with van der Waals surface area (Å²) < 4.78 is 20.4. The van der Waals surface area contributed by atoms with Crippen molar-refractivity contribution in [1.82, 2.24) is 4.90 Å². The normalized spacial score (nSPS) is 19.5. The van der Waals surface area contributed by atoms with E-state index in [1.165, 1.54) is 0 Å². The quantitative estimate of drug-likeness (QED) is 0.438. The van der Waals surface area contributed by atoms with Crippen molar-refractivity contribution in [3.63, 3.8) is 0 Å². The molecule has 0 amide bonds. The van der Waals surface area contributed by atoms with E-state index < -0.39 is 10.7 Å². The fourth-order valence-electron chi connectivity index (χ4n) is 1.23. The van der Waals surface area contributed by atoms with Gasteiger partial charge in [-0.05, 0) is 12.5 Å². The average Bonchev–Trinajstić information content (AvgIpc) is 1.76. The fraction of sp³-hybridized carbons (Fsp3) is 1.00. The summed E-state index contributed by atoms with van der Waals surface area (Å²) in [5.74, 6) is 0.745. The number of likely N-dealkylation sites (tertiary alicyclic amines) is 1. The van der Waals surface area contributed by atoms with Crippen LogP contribution in [0.3, 0.4) is 0 Å². The number of hydrogen-bond acceptors (Lipinski definition) is 4. The van der Waals surface area contributed by atoms with Crippen molar-refractivity contribution in [2.75, 3.05) is 25.4 Å². The summed E-state index contributed by atoms with van der Waals surface area (Å²) in [6.45, 7) is 5.06. The minimum atomic E-state index is -1.84. The third kappa shape index (κ3) is 3.57. The zero-order chi connectivity index (χ0) is 7.56. The van der Waals surface area contributed by atoms with Gasteiger partial charge in [-0.2, -0.15) is 0 Å². The minimum absolute atomic E-state index is 0. The fourth-order valence-corrected chi connectivity index (χ4v) is 1.83. The van der Waals surface area contributed by atoms with Gasteiger partial charge in [0.2, 0.25) is 0 Å². The first-order valence-corrected chi connectivity index (χ1v) is 4.75. The van der Waals surface area contributed by atoms with Crippen molar-refractivity contribution in [2.24, 2.45) is 5.92 Å². The second kappa shape index (κ2) is 5.15. The van der Waals surface area contributed by atoms with Gasteiger partial charge in [0.25, 0.3) is 0 Å². The third-order valence-corrected chi connectivity index (χ3v) is 2.60. The van der Waals surface area contributed by atoms with E-state index in [9.17, 15) is 8.42 Å². The molecule has 11 heavy (non-hydrogen) atoms. The monoisotopic (exact) mass is 191 g/mol. The second-order valence-electron chi connectivity index (χ2n) is 2.69. The molecule has 1 rings (SSSR count). The molecule has 1 aliphatic rings. The maximum absolute atomic E-state index is 10.2. The van der Waals surface area contributed by atoms with Crippen LogP contribution in [0.1, 0.15) is 6.92 Å². The molecule has 64 valence electrons. The van der Waals surface area contributed by atoms with Crippen LogP contribution in [0.2, 0.25) is 0 Å². The van der Waals surface area contributed by atoms with E-state index in [1.54, 1.807) is 0 Å². The molecule has 0 spiro atoms. The van der Waals surface area contributed by atoms with Gasteiger partial charge in [-0.15, -0.1) is 0 Å². The van der Waals surface area contributed by atoms with Crippen molar-refractivity contribution >= 4 is 28.1 Å². The summed E-state index contributed by atoms with van der Waals surface area (Å²) in [6.07, 6.45) is 0. The molecule has 0 aliphatic carbocycles. The first kappa shape index (κ1) is 11.4. The van der Waals surface area contributed by atoms with Gasteiger partial charge < -0.3 is 13.3 Å². The second-order valence-corrected chi connectivity index (χ2v) is 3.63. The Morgan fingerprint density at radius 3 is 2.36 bits per heavy atom. The third-order valence-electron chi connectivity index (χ3n) is 1.85. The zero-order valence-electron chi connectivity index (χ0n) is 7.08. The van der Waals surface area contributed by atoms with Crippen LogP contribution in [0, 0.1) is 5.92 Å². The first-order valence-electron chi connectivity index (χ1n) is 3.50. The number of hydrogen-bond donors (Lipinski definition) is 0. The summed E-state index contributed by atoms with van der Waals surface area (Å²) in [5, 5.41) is 0. The van der Waals surface area contributed by atoms with Gasteiger partial charge in [-0.1, -0.05) is 23.4 Å². The Morgan fingerprint density at radius 1 is 1.45 bits per heavy atom. The molecule has 0 aromatic carbocycles. The van der Waals surface area contributed by atoms with E-state index in [1.807, 2.05) is 0 Å². The summed E-state index contributed by atoms with van der Waals surface area (Å²) in [6, 6.07) is 0. The topological polar surface area (TPSA) is 37.4 Å². The average molecular weight is 191 g/mol. The predicted molar refractivity (Wildman–Crippen MR) is 47.8 cm³/mol. The summed E-state index contributed by atoms with van der Waals surface area (Å²) in [4.78, 5) is 2.23. The molecule has 1 saturated heterocycles. The van der Waals surface area contributed by atoms with E-state index >= 15 is 0 Å². The van der Waals surface area contributed by atoms with Crippen molar-refractivity contribution in [2.45, 2.75) is 6.92 Å². The van der Waals surface area contributed by atoms with Crippen LogP contribution in [0.5, 0.6) is 0 Å². The van der Waals surface area contributed by atoms with E-state index in [2.05, 4.69) is 11.8 Å². The van der Waals surface area contributed by atoms with Crippen LogP contribution >= 0.6 is 0 Å². The molecule has 3 nitrogen and oxygen atoms in total. The van der Waals surface area contributed by atoms with Gasteiger partial charge >= 0.3 is 17.4 Å². The molecule has 0 atom stereocenters. The molecule has 0 N–H and O–H groups in total. The summed E-state index contributed by atoms with van der Waals surface area (Å²) in [5.41, 5.74) is 0. The van der Waals surface area contributed by atoms with Crippen LogP contribution < -0.4 is 0 Å². The van der Waals surface area contributed by atoms with E-state index in [0.717, 1.165) is 19.6 Å². The number of nitrogens with zero attached hydrogens (tertiary/aromatic N) is 1. The van der Waals surface area contributed by atoms with Gasteiger partial charge in [-0.25, -0.2) is 0 Å². The Kier molecular flexibility index (Phi) is 5.36. The van der Waals surface area contributed by atoms with Crippen molar-refractivity contribution < 1.29 is 8.42 Å². The predicted octanol–water partition coefficient (Wildman–Crippen LogP) is -0.669. The maximum atomic E-state index is 10.2. The molecule has 1 heterocycles. The van der Waals surface area contributed by atoms with Crippen LogP contribution in [-0.4, -0.2) is 47.6 Å². The number of rotatable bonds is 3. The van der Waals surface area contributed by atoms with E-state index in [4.69, 9.17) is 0 Å². The molecule has 0 saturated carbocycles. The molecule has 5 heteroatoms. The van der Waals surface area contributed by atoms with Crippen molar-refractivity contribution in [3.8, 4) is 0 Å². The summed E-state index contributed by atoms with van der Waals surface area (Å²) >= 11 is 0. The van der Waals surface area contributed by atoms with Crippen LogP contribution in [-0.2, 0) is 19.1 Å². The molecule has 1 aliphatic heterocycles. The van der Waals surface area contributed by atoms with Crippen LogP contribution in [0.25, 0.3) is 0 Å². The van der Waals surface area contributed by atoms with Gasteiger partial charge in [0.05, 0.1) is 0 Å². The van der Waals surface area contributed by atoms with Gasteiger partial charge in [0.15, 0.2) is 0 Å². The van der Waals surface area contributed by atoms with Crippen LogP contribution in [0.4, 0.5) is 0 Å². The SMILES string of the molecule is CCN1CC(C[S-](=O)=O)C1.[AlH2+]. The Bertz CT molecular complexity index is 169. The van der Waals surface area contributed by atoms with Gasteiger partial charge in [-0.3, -0.25) is 0 Å². The van der Waals surface area contributed by atoms with E-state index in [-0.39, 0.29) is 17.4 Å². The van der Waals surface area contributed by atoms with Crippen molar-refractivity contribution in [1.29, 1.82) is 0 Å². The molecule has 0 unspecified atom stereocenters. The van der Waals surface area contributed by atoms with Gasteiger partial charge in [0.1, 0.15) is 0 Å². The van der Waals surface area contributed by atoms with E-state index in [0.29, 0.717) is 11.7 Å². The van der Waals surface area contributed by atoms with Crippen LogP contribution in [0.15, 0.2) is 0 Å². The molecular formula is C6H14AlNO2S. The Labute approximate surface area is 79.8 Å². The molecular weight excluding hydrogens is 177 g/mol. The van der Waals surface area contributed by atoms with Gasteiger partial charge in [0, 0.05) is 13.1 Å². The molecule has 0 bridgehead atoms. The Morgan fingerprint density at radius 2 is 2.00 bits per heavy atom. The standard InChI is InChI=1S/C6H12NO2S.Al.2H/c1-2-7-3-6(4-7)5-10(8)9;;;/h6H,2-5H2,1H3;;;/q-1;+1;;. The first-order chi connectivity index (χ1) is 4.72. The Hall–Kier alpha value is 0.442. The molecule has 1 fully saturated rings. The summed E-state index contributed by atoms with van der Waals surface area (Å²) in [7, 11) is -1.84. The zero-order valence-corrected chi connectivity index (χ0v) is 9.89. The van der Waals surface area contributed by atoms with Crippen molar-refractivity contribution in [3.05, 3.63) is 0 Å². The molecule has 0 aromatic heterocycles. The molecule has 0 aromatic rings. The Balaban J connectivity index is 0.000001000. The molecule has 0 radical (unpaired) electrons.